The van der Waals surface area contributed by atoms with E-state index in [0.29, 0.717) is 5.56 Å². The van der Waals surface area contributed by atoms with Crippen molar-refractivity contribution in [3.63, 3.8) is 0 Å². The molecule has 0 bridgehead atoms. The highest BCUT2D eigenvalue weighted by Gasteiger charge is 2.48. The van der Waals surface area contributed by atoms with Gasteiger partial charge in [-0.3, -0.25) is 14.9 Å². The van der Waals surface area contributed by atoms with Crippen molar-refractivity contribution in [3.05, 3.63) is 45.2 Å². The smallest absolute Gasteiger partial charge is 0.269 e. The van der Waals surface area contributed by atoms with Gasteiger partial charge >= 0.3 is 0 Å². The van der Waals surface area contributed by atoms with E-state index in [9.17, 15) is 30.3 Å². The van der Waals surface area contributed by atoms with Crippen LogP contribution in [0.2, 0.25) is 0 Å². The zero-order valence-electron chi connectivity index (χ0n) is 12.9. The van der Waals surface area contributed by atoms with Crippen LogP contribution in [-0.4, -0.2) is 51.5 Å². The number of ketones is 1. The van der Waals surface area contributed by atoms with Crippen LogP contribution in [0, 0.1) is 27.2 Å². The Labute approximate surface area is 137 Å². The number of hydrogen-bond acceptors (Lipinski definition) is 7. The molecule has 1 saturated heterocycles. The van der Waals surface area contributed by atoms with E-state index < -0.39 is 34.9 Å². The maximum atomic E-state index is 12.4. The first-order valence-corrected chi connectivity index (χ1v) is 7.61. The van der Waals surface area contributed by atoms with Gasteiger partial charge < -0.3 is 25.6 Å². The second kappa shape index (κ2) is 7.77. The van der Waals surface area contributed by atoms with Crippen molar-refractivity contribution in [3.8, 4) is 0 Å². The summed E-state index contributed by atoms with van der Waals surface area (Å²) in [6.45, 7) is -0.128. The summed E-state index contributed by atoms with van der Waals surface area (Å²) >= 11 is 0. The van der Waals surface area contributed by atoms with E-state index in [1.165, 1.54) is 24.3 Å². The monoisotopic (exact) mass is 340 g/mol. The fraction of sp³-hybridized carbons (Fsp3) is 0.533. The summed E-state index contributed by atoms with van der Waals surface area (Å²) < 4.78 is 0. The van der Waals surface area contributed by atoms with Gasteiger partial charge in [0.15, 0.2) is 6.29 Å². The standard InChI is InChI=1S/C15H20N2O7/c18-6-5-12-11(8-16(12)22)14(15(20)21)13(19)7-9-1-3-10(4-2-9)17(23)24/h1-4,11-12,14-16,18,20-21H,5-8H2. The minimum atomic E-state index is -1.89. The number of nitro groups is 1. The van der Waals surface area contributed by atoms with Crippen molar-refractivity contribution in [1.29, 1.82) is 0 Å². The highest BCUT2D eigenvalue weighted by atomic mass is 16.6. The number of nitrogens with zero attached hydrogens (tertiary/aromatic N) is 1. The number of nitro benzene ring substituents is 1. The van der Waals surface area contributed by atoms with E-state index in [-0.39, 0.29) is 36.7 Å². The molecule has 9 heteroatoms. The largest absolute Gasteiger partial charge is 0.634 e. The third-order valence-corrected chi connectivity index (χ3v) is 4.49. The van der Waals surface area contributed by atoms with Crippen LogP contribution in [0.15, 0.2) is 24.3 Å². The van der Waals surface area contributed by atoms with Gasteiger partial charge in [0.2, 0.25) is 0 Å². The lowest BCUT2D eigenvalue weighted by atomic mass is 9.75. The number of carbonyl (C=O) groups is 1. The highest BCUT2D eigenvalue weighted by molar-refractivity contribution is 5.84. The number of benzene rings is 1. The van der Waals surface area contributed by atoms with Gasteiger partial charge in [-0.25, -0.2) is 0 Å². The Morgan fingerprint density at radius 3 is 2.42 bits per heavy atom. The number of hydrogen-bond donors (Lipinski definition) is 4. The van der Waals surface area contributed by atoms with Crippen molar-refractivity contribution in [2.75, 3.05) is 13.2 Å². The van der Waals surface area contributed by atoms with Crippen molar-refractivity contribution >= 4 is 11.5 Å². The molecule has 4 unspecified atom stereocenters. The SMILES string of the molecule is O=C(Cc1ccc([N+](=O)[O-])cc1)C(C(O)O)C1C[NH+]([O-])C1CCO. The molecule has 4 atom stereocenters. The Morgan fingerprint density at radius 2 is 1.96 bits per heavy atom. The zero-order chi connectivity index (χ0) is 17.9. The zero-order valence-corrected chi connectivity index (χ0v) is 12.9. The van der Waals surface area contributed by atoms with Crippen molar-refractivity contribution in [2.24, 2.45) is 11.8 Å². The Bertz CT molecular complexity index is 590. The van der Waals surface area contributed by atoms with Gasteiger partial charge in [0, 0.05) is 31.6 Å². The topological polar surface area (TPSA) is 148 Å². The normalized spacial score (nSPS) is 24.5. The Balaban J connectivity index is 2.08. The number of carbonyl (C=O) groups excluding carboxylic acids is 1. The predicted molar refractivity (Wildman–Crippen MR) is 81.7 cm³/mol. The molecule has 0 aliphatic carbocycles. The number of aliphatic hydroxyl groups excluding tert-OH is 2. The molecule has 24 heavy (non-hydrogen) atoms. The van der Waals surface area contributed by atoms with Gasteiger partial charge in [0.25, 0.3) is 5.69 Å². The molecule has 0 aromatic heterocycles. The maximum absolute atomic E-state index is 12.4. The second-order valence-electron chi connectivity index (χ2n) is 5.96. The highest BCUT2D eigenvalue weighted by Crippen LogP contribution is 2.26. The first kappa shape index (κ1) is 18.4. The van der Waals surface area contributed by atoms with Gasteiger partial charge in [0.1, 0.15) is 5.78 Å². The molecule has 132 valence electrons. The van der Waals surface area contributed by atoms with E-state index in [1.54, 1.807) is 0 Å². The van der Waals surface area contributed by atoms with Gasteiger partial charge in [-0.2, -0.15) is 0 Å². The van der Waals surface area contributed by atoms with Crippen molar-refractivity contribution in [2.45, 2.75) is 25.2 Å². The molecular weight excluding hydrogens is 320 g/mol. The first-order valence-electron chi connectivity index (χ1n) is 7.61. The lowest BCUT2D eigenvalue weighted by molar-refractivity contribution is -0.935. The number of quaternary nitrogens is 1. The summed E-state index contributed by atoms with van der Waals surface area (Å²) in [7, 11) is 0. The van der Waals surface area contributed by atoms with Crippen LogP contribution in [0.3, 0.4) is 0 Å². The molecule has 1 aromatic rings. The second-order valence-corrected chi connectivity index (χ2v) is 5.96. The van der Waals surface area contributed by atoms with Crippen molar-refractivity contribution in [1.82, 2.24) is 0 Å². The third-order valence-electron chi connectivity index (χ3n) is 4.49. The van der Waals surface area contributed by atoms with E-state index in [1.807, 2.05) is 0 Å². The van der Waals surface area contributed by atoms with Gasteiger partial charge in [-0.15, -0.1) is 0 Å². The summed E-state index contributed by atoms with van der Waals surface area (Å²) in [4.78, 5) is 22.5. The lowest BCUT2D eigenvalue weighted by Gasteiger charge is -2.49. The Kier molecular flexibility index (Phi) is 5.97. The molecule has 2 rings (SSSR count). The molecule has 1 aromatic carbocycles. The lowest BCUT2D eigenvalue weighted by Crippen LogP contribution is -3.21. The van der Waals surface area contributed by atoms with Crippen LogP contribution in [-0.2, 0) is 11.2 Å². The molecule has 1 aliphatic rings. The summed E-state index contributed by atoms with van der Waals surface area (Å²) in [6.07, 6.45) is -1.82. The summed E-state index contributed by atoms with van der Waals surface area (Å²) in [5, 5.41) is 50.2. The Morgan fingerprint density at radius 1 is 1.33 bits per heavy atom. The molecule has 0 spiro atoms. The molecule has 1 heterocycles. The minimum absolute atomic E-state index is 0.0823. The molecule has 0 radical (unpaired) electrons. The van der Waals surface area contributed by atoms with Crippen molar-refractivity contribution < 1.29 is 30.1 Å². The number of Topliss-reactive ketones (excluding diaryl/α,β-unsaturated/α-hetero) is 1. The fourth-order valence-corrected chi connectivity index (χ4v) is 3.18. The molecule has 1 aliphatic heterocycles. The van der Waals surface area contributed by atoms with Crippen LogP contribution < -0.4 is 5.06 Å². The maximum Gasteiger partial charge on any atom is 0.269 e. The molecular formula is C15H20N2O7. The van der Waals surface area contributed by atoms with Gasteiger partial charge in [0.05, 0.1) is 29.3 Å². The average Bonchev–Trinajstić information content (AvgIpc) is 2.52. The number of rotatable bonds is 8. The van der Waals surface area contributed by atoms with Crippen LogP contribution in [0.1, 0.15) is 12.0 Å². The summed E-state index contributed by atoms with van der Waals surface area (Å²) in [6, 6.07) is 4.88. The van der Waals surface area contributed by atoms with Crippen LogP contribution >= 0.6 is 0 Å². The molecule has 0 amide bonds. The third kappa shape index (κ3) is 3.94. The minimum Gasteiger partial charge on any atom is -0.634 e. The number of non-ortho nitro benzene ring substituents is 1. The molecule has 0 saturated carbocycles. The molecule has 1 fully saturated rings. The summed E-state index contributed by atoms with van der Waals surface area (Å²) in [5.41, 5.74) is 0.415. The average molecular weight is 340 g/mol. The predicted octanol–water partition coefficient (Wildman–Crippen LogP) is -1.60. The van der Waals surface area contributed by atoms with E-state index in [4.69, 9.17) is 5.11 Å². The van der Waals surface area contributed by atoms with E-state index >= 15 is 0 Å². The van der Waals surface area contributed by atoms with Gasteiger partial charge in [-0.05, 0) is 5.56 Å². The van der Waals surface area contributed by atoms with E-state index in [0.717, 1.165) is 0 Å². The number of nitrogens with one attached hydrogen (secondary N) is 1. The van der Waals surface area contributed by atoms with Crippen LogP contribution in [0.4, 0.5) is 5.69 Å². The quantitative estimate of drug-likeness (QED) is 0.193. The van der Waals surface area contributed by atoms with E-state index in [2.05, 4.69) is 0 Å². The van der Waals surface area contributed by atoms with Crippen LogP contribution in [0.5, 0.6) is 0 Å². The molecule has 9 nitrogen and oxygen atoms in total. The number of hydroxylamine groups is 2. The number of aliphatic hydroxyl groups is 3. The first-order chi connectivity index (χ1) is 11.3. The van der Waals surface area contributed by atoms with Gasteiger partial charge in [-0.1, -0.05) is 12.1 Å². The summed E-state index contributed by atoms with van der Waals surface area (Å²) in [5.74, 6) is -2.07. The fourth-order valence-electron chi connectivity index (χ4n) is 3.18. The molecule has 4 N–H and O–H groups in total. The Hall–Kier alpha value is -1.91. The van der Waals surface area contributed by atoms with Crippen LogP contribution in [0.25, 0.3) is 0 Å².